The minimum Gasteiger partial charge on any atom is -0.207 e. The van der Waals surface area contributed by atoms with E-state index in [1.54, 1.807) is 23.9 Å². The fraction of sp³-hybridized carbons (Fsp3) is 0.538. The highest BCUT2D eigenvalue weighted by Gasteiger charge is 2.23. The highest BCUT2D eigenvalue weighted by molar-refractivity contribution is 9.09. The first-order valence-corrected chi connectivity index (χ1v) is 7.48. The zero-order valence-corrected chi connectivity index (χ0v) is 12.4. The van der Waals surface area contributed by atoms with Gasteiger partial charge in [-0.1, -0.05) is 42.8 Å². The van der Waals surface area contributed by atoms with Crippen LogP contribution in [0.3, 0.4) is 0 Å². The second-order valence-electron chi connectivity index (χ2n) is 4.99. The number of rotatable bonds is 4. The van der Waals surface area contributed by atoms with Crippen LogP contribution in [0.1, 0.15) is 20.8 Å². The van der Waals surface area contributed by atoms with Crippen molar-refractivity contribution in [2.45, 2.75) is 25.7 Å². The van der Waals surface area contributed by atoms with Crippen LogP contribution in [0.2, 0.25) is 0 Å². The summed E-state index contributed by atoms with van der Waals surface area (Å²) in [5.74, 6) is 1.44. The van der Waals surface area contributed by atoms with Crippen LogP contribution in [0, 0.1) is 17.2 Å². The lowest BCUT2D eigenvalue weighted by Crippen LogP contribution is -2.23. The topological polar surface area (TPSA) is 0 Å². The molecule has 90 valence electrons. The molecule has 0 radical (unpaired) electrons. The van der Waals surface area contributed by atoms with E-state index in [1.807, 2.05) is 6.07 Å². The van der Waals surface area contributed by atoms with Gasteiger partial charge in [0.05, 0.1) is 0 Å². The van der Waals surface area contributed by atoms with E-state index in [-0.39, 0.29) is 11.2 Å². The summed E-state index contributed by atoms with van der Waals surface area (Å²) < 4.78 is 13.0. The van der Waals surface area contributed by atoms with E-state index < -0.39 is 0 Å². The van der Waals surface area contributed by atoms with E-state index in [4.69, 9.17) is 0 Å². The molecule has 0 aliphatic rings. The molecule has 0 N–H and O–H groups in total. The van der Waals surface area contributed by atoms with Gasteiger partial charge >= 0.3 is 0 Å². The van der Waals surface area contributed by atoms with Crippen LogP contribution in [0.25, 0.3) is 0 Å². The molecule has 16 heavy (non-hydrogen) atoms. The summed E-state index contributed by atoms with van der Waals surface area (Å²) in [6, 6.07) is 6.80. The molecule has 1 rings (SSSR count). The monoisotopic (exact) mass is 304 g/mol. The summed E-state index contributed by atoms with van der Waals surface area (Å²) in [5, 5.41) is 0.985. The maximum Gasteiger partial charge on any atom is 0.124 e. The second kappa shape index (κ2) is 6.06. The summed E-state index contributed by atoms with van der Waals surface area (Å²) >= 11 is 5.28. The third-order valence-corrected chi connectivity index (χ3v) is 4.60. The van der Waals surface area contributed by atoms with Gasteiger partial charge in [-0.15, -0.1) is 11.8 Å². The van der Waals surface area contributed by atoms with E-state index in [0.29, 0.717) is 5.92 Å². The number of hydrogen-bond acceptors (Lipinski definition) is 1. The highest BCUT2D eigenvalue weighted by Crippen LogP contribution is 2.32. The summed E-state index contributed by atoms with van der Waals surface area (Å²) in [4.78, 5) is 1.01. The van der Waals surface area contributed by atoms with Crippen LogP contribution in [0.4, 0.5) is 4.39 Å². The van der Waals surface area contributed by atoms with Crippen molar-refractivity contribution in [1.29, 1.82) is 0 Å². The molecule has 0 amide bonds. The summed E-state index contributed by atoms with van der Waals surface area (Å²) in [7, 11) is 0. The zero-order valence-electron chi connectivity index (χ0n) is 9.97. The standard InChI is InChI=1S/C13H18BrFS/c1-13(2,3)10(8-14)9-16-12-6-4-5-11(15)7-12/h4-7,10H,8-9H2,1-3H3. The summed E-state index contributed by atoms with van der Waals surface area (Å²) in [6.45, 7) is 6.72. The van der Waals surface area contributed by atoms with Crippen LogP contribution in [0.5, 0.6) is 0 Å². The minimum absolute atomic E-state index is 0.156. The average molecular weight is 305 g/mol. The maximum atomic E-state index is 13.0. The maximum absolute atomic E-state index is 13.0. The average Bonchev–Trinajstić information content (AvgIpc) is 2.16. The fourth-order valence-electron chi connectivity index (χ4n) is 1.28. The normalized spacial score (nSPS) is 13.8. The molecular formula is C13H18BrFS. The van der Waals surface area contributed by atoms with E-state index in [0.717, 1.165) is 16.0 Å². The number of alkyl halides is 1. The number of thioether (sulfide) groups is 1. The van der Waals surface area contributed by atoms with Gasteiger partial charge < -0.3 is 0 Å². The number of halogens is 2. The van der Waals surface area contributed by atoms with Crippen LogP contribution in [-0.2, 0) is 0 Å². The Morgan fingerprint density at radius 3 is 2.56 bits per heavy atom. The molecule has 0 aliphatic carbocycles. The van der Waals surface area contributed by atoms with Gasteiger partial charge in [-0.25, -0.2) is 4.39 Å². The first-order valence-electron chi connectivity index (χ1n) is 5.38. The molecule has 3 heteroatoms. The summed E-state index contributed by atoms with van der Waals surface area (Å²) in [5.41, 5.74) is 0.282. The van der Waals surface area contributed by atoms with Gasteiger partial charge in [0.25, 0.3) is 0 Å². The molecule has 0 nitrogen and oxygen atoms in total. The van der Waals surface area contributed by atoms with Crippen LogP contribution in [0.15, 0.2) is 29.2 Å². The molecule has 1 aromatic carbocycles. The lowest BCUT2D eigenvalue weighted by atomic mass is 9.83. The Morgan fingerprint density at radius 2 is 2.06 bits per heavy atom. The third-order valence-electron chi connectivity index (χ3n) is 2.66. The Labute approximate surface area is 110 Å². The second-order valence-corrected chi connectivity index (χ2v) is 6.73. The molecule has 0 bridgehead atoms. The van der Waals surface area contributed by atoms with Crippen molar-refractivity contribution in [3.63, 3.8) is 0 Å². The van der Waals surface area contributed by atoms with Crippen LogP contribution < -0.4 is 0 Å². The Hall–Kier alpha value is -0.0200. The molecule has 1 aromatic rings. The molecule has 0 aliphatic heterocycles. The van der Waals surface area contributed by atoms with Crippen molar-refractivity contribution in [1.82, 2.24) is 0 Å². The largest absolute Gasteiger partial charge is 0.207 e. The number of hydrogen-bond donors (Lipinski definition) is 0. The highest BCUT2D eigenvalue weighted by atomic mass is 79.9. The Bertz CT molecular complexity index is 333. The Morgan fingerprint density at radius 1 is 1.38 bits per heavy atom. The predicted octanol–water partition coefficient (Wildman–Crippen LogP) is 4.98. The van der Waals surface area contributed by atoms with Gasteiger partial charge in [0.15, 0.2) is 0 Å². The SMILES string of the molecule is CC(C)(C)C(CBr)CSc1cccc(F)c1. The van der Waals surface area contributed by atoms with Crippen molar-refractivity contribution in [3.05, 3.63) is 30.1 Å². The quantitative estimate of drug-likeness (QED) is 0.559. The molecule has 0 aromatic heterocycles. The van der Waals surface area contributed by atoms with E-state index in [9.17, 15) is 4.39 Å². The first-order chi connectivity index (χ1) is 7.43. The first kappa shape index (κ1) is 14.0. The molecular weight excluding hydrogens is 287 g/mol. The fourth-order valence-corrected chi connectivity index (χ4v) is 4.16. The Kier molecular flexibility index (Phi) is 5.32. The summed E-state index contributed by atoms with van der Waals surface area (Å²) in [6.07, 6.45) is 0. The molecule has 0 saturated carbocycles. The zero-order chi connectivity index (χ0) is 12.2. The van der Waals surface area contributed by atoms with Gasteiger partial charge in [-0.3, -0.25) is 0 Å². The molecule has 0 fully saturated rings. The van der Waals surface area contributed by atoms with Crippen molar-refractivity contribution in [2.75, 3.05) is 11.1 Å². The van der Waals surface area contributed by atoms with Gasteiger partial charge in [0.2, 0.25) is 0 Å². The van der Waals surface area contributed by atoms with Crippen LogP contribution in [-0.4, -0.2) is 11.1 Å². The van der Waals surface area contributed by atoms with Gasteiger partial charge in [-0.05, 0) is 29.5 Å². The smallest absolute Gasteiger partial charge is 0.124 e. The van der Waals surface area contributed by atoms with Gasteiger partial charge in [0, 0.05) is 16.0 Å². The Balaban J connectivity index is 2.56. The van der Waals surface area contributed by atoms with Crippen molar-refractivity contribution in [3.8, 4) is 0 Å². The van der Waals surface area contributed by atoms with E-state index >= 15 is 0 Å². The predicted molar refractivity (Wildman–Crippen MR) is 73.9 cm³/mol. The third kappa shape index (κ3) is 4.46. The van der Waals surface area contributed by atoms with Crippen molar-refractivity contribution in [2.24, 2.45) is 11.3 Å². The molecule has 1 unspecified atom stereocenters. The number of benzene rings is 1. The lowest BCUT2D eigenvalue weighted by Gasteiger charge is -2.28. The van der Waals surface area contributed by atoms with E-state index in [1.165, 1.54) is 6.07 Å². The molecule has 0 spiro atoms. The van der Waals surface area contributed by atoms with Crippen LogP contribution >= 0.6 is 27.7 Å². The van der Waals surface area contributed by atoms with Gasteiger partial charge in [-0.2, -0.15) is 0 Å². The van der Waals surface area contributed by atoms with Gasteiger partial charge in [0.1, 0.15) is 5.82 Å². The van der Waals surface area contributed by atoms with Crippen molar-refractivity contribution >= 4 is 27.7 Å². The minimum atomic E-state index is -0.156. The molecule has 1 atom stereocenters. The molecule has 0 saturated heterocycles. The lowest BCUT2D eigenvalue weighted by molar-refractivity contribution is 0.295. The van der Waals surface area contributed by atoms with Crippen molar-refractivity contribution < 1.29 is 4.39 Å². The van der Waals surface area contributed by atoms with E-state index in [2.05, 4.69) is 36.7 Å². The molecule has 0 heterocycles.